The van der Waals surface area contributed by atoms with Crippen molar-refractivity contribution in [2.45, 2.75) is 32.8 Å². The predicted molar refractivity (Wildman–Crippen MR) is 71.5 cm³/mol. The number of benzene rings is 1. The molecule has 1 aromatic carbocycles. The van der Waals surface area contributed by atoms with E-state index in [2.05, 4.69) is 6.92 Å². The van der Waals surface area contributed by atoms with Crippen LogP contribution in [0.5, 0.6) is 0 Å². The molecular formula is C15H21NO2. The van der Waals surface area contributed by atoms with Crippen molar-refractivity contribution in [2.24, 2.45) is 5.92 Å². The number of amides is 1. The summed E-state index contributed by atoms with van der Waals surface area (Å²) >= 11 is 0. The number of aliphatic hydroxyl groups excluding tert-OH is 1. The van der Waals surface area contributed by atoms with E-state index in [1.54, 1.807) is 0 Å². The van der Waals surface area contributed by atoms with E-state index in [9.17, 15) is 9.90 Å². The van der Waals surface area contributed by atoms with Crippen molar-refractivity contribution in [1.29, 1.82) is 0 Å². The molecule has 1 aliphatic heterocycles. The molecule has 1 amide bonds. The molecular weight excluding hydrogens is 226 g/mol. The van der Waals surface area contributed by atoms with Crippen molar-refractivity contribution in [3.63, 3.8) is 0 Å². The lowest BCUT2D eigenvalue weighted by Crippen LogP contribution is -2.45. The predicted octanol–water partition coefficient (Wildman–Crippen LogP) is 2.23. The average molecular weight is 247 g/mol. The molecule has 0 aromatic heterocycles. The van der Waals surface area contributed by atoms with E-state index < -0.39 is 0 Å². The highest BCUT2D eigenvalue weighted by atomic mass is 16.3. The van der Waals surface area contributed by atoms with E-state index in [0.29, 0.717) is 19.5 Å². The second-order valence-corrected chi connectivity index (χ2v) is 5.09. The lowest BCUT2D eigenvalue weighted by atomic mass is 9.92. The van der Waals surface area contributed by atoms with Gasteiger partial charge in [0, 0.05) is 24.6 Å². The number of hydrogen-bond acceptors (Lipinski definition) is 2. The summed E-state index contributed by atoms with van der Waals surface area (Å²) in [7, 11) is 0. The second kappa shape index (κ2) is 5.53. The van der Waals surface area contributed by atoms with E-state index in [1.165, 1.54) is 0 Å². The summed E-state index contributed by atoms with van der Waals surface area (Å²) in [5.41, 5.74) is 1.80. The molecule has 18 heavy (non-hydrogen) atoms. The van der Waals surface area contributed by atoms with Gasteiger partial charge < -0.3 is 10.0 Å². The Morgan fingerprint density at radius 2 is 2.17 bits per heavy atom. The standard InChI is InChI=1S/C15H21NO2/c1-3-12-10-16(9-8-14(12)17)15(18)13-7-5-4-6-11(13)2/h4-7,12,14,17H,3,8-10H2,1-2H3. The fraction of sp³-hybridized carbons (Fsp3) is 0.533. The molecule has 1 N–H and O–H groups in total. The summed E-state index contributed by atoms with van der Waals surface area (Å²) in [6.45, 7) is 5.36. The van der Waals surface area contributed by atoms with Crippen molar-refractivity contribution in [1.82, 2.24) is 4.90 Å². The van der Waals surface area contributed by atoms with Crippen LogP contribution in [-0.2, 0) is 0 Å². The zero-order valence-corrected chi connectivity index (χ0v) is 11.1. The highest BCUT2D eigenvalue weighted by molar-refractivity contribution is 5.95. The van der Waals surface area contributed by atoms with Crippen LogP contribution in [0, 0.1) is 12.8 Å². The van der Waals surface area contributed by atoms with Gasteiger partial charge in [-0.25, -0.2) is 0 Å². The molecule has 1 saturated heterocycles. The SMILES string of the molecule is CCC1CN(C(=O)c2ccccc2C)CCC1O. The van der Waals surface area contributed by atoms with Gasteiger partial charge in [-0.15, -0.1) is 0 Å². The van der Waals surface area contributed by atoms with Gasteiger partial charge in [-0.3, -0.25) is 4.79 Å². The maximum Gasteiger partial charge on any atom is 0.254 e. The maximum absolute atomic E-state index is 12.4. The average Bonchev–Trinajstić information content (AvgIpc) is 2.39. The topological polar surface area (TPSA) is 40.5 Å². The highest BCUT2D eigenvalue weighted by Crippen LogP contribution is 2.22. The van der Waals surface area contributed by atoms with Crippen LogP contribution in [0.25, 0.3) is 0 Å². The minimum absolute atomic E-state index is 0.0958. The Bertz CT molecular complexity index is 430. The number of carbonyl (C=O) groups is 1. The van der Waals surface area contributed by atoms with E-state index in [0.717, 1.165) is 17.5 Å². The van der Waals surface area contributed by atoms with Crippen LogP contribution in [0.1, 0.15) is 35.7 Å². The summed E-state index contributed by atoms with van der Waals surface area (Å²) in [6.07, 6.45) is 1.35. The smallest absolute Gasteiger partial charge is 0.254 e. The Kier molecular flexibility index (Phi) is 4.02. The Morgan fingerprint density at radius 3 is 2.83 bits per heavy atom. The van der Waals surface area contributed by atoms with Gasteiger partial charge in [-0.2, -0.15) is 0 Å². The Hall–Kier alpha value is -1.35. The molecule has 1 fully saturated rings. The van der Waals surface area contributed by atoms with Gasteiger partial charge in [0.05, 0.1) is 6.10 Å². The van der Waals surface area contributed by atoms with Gasteiger partial charge in [-0.1, -0.05) is 25.1 Å². The zero-order valence-electron chi connectivity index (χ0n) is 11.1. The number of hydrogen-bond donors (Lipinski definition) is 1. The van der Waals surface area contributed by atoms with Crippen molar-refractivity contribution in [3.8, 4) is 0 Å². The molecule has 1 aliphatic rings. The number of aliphatic hydroxyl groups is 1. The maximum atomic E-state index is 12.4. The number of likely N-dealkylation sites (tertiary alicyclic amines) is 1. The van der Waals surface area contributed by atoms with Crippen LogP contribution < -0.4 is 0 Å². The molecule has 2 atom stereocenters. The van der Waals surface area contributed by atoms with Gasteiger partial charge in [-0.05, 0) is 31.4 Å². The summed E-state index contributed by atoms with van der Waals surface area (Å²) < 4.78 is 0. The van der Waals surface area contributed by atoms with Crippen molar-refractivity contribution in [2.75, 3.05) is 13.1 Å². The fourth-order valence-corrected chi connectivity index (χ4v) is 2.59. The second-order valence-electron chi connectivity index (χ2n) is 5.09. The van der Waals surface area contributed by atoms with Crippen molar-refractivity contribution < 1.29 is 9.90 Å². The number of nitrogens with zero attached hydrogens (tertiary/aromatic N) is 1. The summed E-state index contributed by atoms with van der Waals surface area (Å²) in [6, 6.07) is 7.68. The molecule has 0 radical (unpaired) electrons. The lowest BCUT2D eigenvalue weighted by molar-refractivity contribution is 0.0228. The fourth-order valence-electron chi connectivity index (χ4n) is 2.59. The van der Waals surface area contributed by atoms with Crippen LogP contribution in [0.2, 0.25) is 0 Å². The van der Waals surface area contributed by atoms with Gasteiger partial charge in [0.15, 0.2) is 0 Å². The monoisotopic (exact) mass is 247 g/mol. The number of carbonyl (C=O) groups excluding carboxylic acids is 1. The summed E-state index contributed by atoms with van der Waals surface area (Å²) in [5.74, 6) is 0.310. The third kappa shape index (κ3) is 2.56. The first-order chi connectivity index (χ1) is 8.63. The minimum Gasteiger partial charge on any atom is -0.393 e. The summed E-state index contributed by atoms with van der Waals surface area (Å²) in [4.78, 5) is 14.3. The third-order valence-corrected chi connectivity index (χ3v) is 3.88. The Balaban J connectivity index is 2.13. The molecule has 3 heteroatoms. The van der Waals surface area contributed by atoms with Crippen LogP contribution in [0.4, 0.5) is 0 Å². The zero-order chi connectivity index (χ0) is 13.1. The Labute approximate surface area is 108 Å². The first-order valence-corrected chi connectivity index (χ1v) is 6.66. The van der Waals surface area contributed by atoms with Crippen LogP contribution in [-0.4, -0.2) is 35.1 Å². The highest BCUT2D eigenvalue weighted by Gasteiger charge is 2.29. The lowest BCUT2D eigenvalue weighted by Gasteiger charge is -2.36. The Morgan fingerprint density at radius 1 is 1.44 bits per heavy atom. The molecule has 1 heterocycles. The number of aryl methyl sites for hydroxylation is 1. The molecule has 3 nitrogen and oxygen atoms in total. The molecule has 0 saturated carbocycles. The number of rotatable bonds is 2. The van der Waals surface area contributed by atoms with Crippen molar-refractivity contribution in [3.05, 3.63) is 35.4 Å². The number of piperidine rings is 1. The molecule has 0 spiro atoms. The molecule has 0 bridgehead atoms. The molecule has 2 unspecified atom stereocenters. The van der Waals surface area contributed by atoms with Crippen LogP contribution in [0.3, 0.4) is 0 Å². The van der Waals surface area contributed by atoms with Crippen LogP contribution >= 0.6 is 0 Å². The van der Waals surface area contributed by atoms with Gasteiger partial charge in [0.25, 0.3) is 5.91 Å². The molecule has 1 aromatic rings. The molecule has 2 rings (SSSR count). The van der Waals surface area contributed by atoms with Crippen molar-refractivity contribution >= 4 is 5.91 Å². The first kappa shape index (κ1) is 13.1. The minimum atomic E-state index is -0.254. The summed E-state index contributed by atoms with van der Waals surface area (Å²) in [5, 5.41) is 9.86. The van der Waals surface area contributed by atoms with E-state index in [4.69, 9.17) is 0 Å². The van der Waals surface area contributed by atoms with E-state index in [-0.39, 0.29) is 17.9 Å². The van der Waals surface area contributed by atoms with E-state index in [1.807, 2.05) is 36.1 Å². The van der Waals surface area contributed by atoms with Gasteiger partial charge in [0.2, 0.25) is 0 Å². The van der Waals surface area contributed by atoms with Crippen LogP contribution in [0.15, 0.2) is 24.3 Å². The third-order valence-electron chi connectivity index (χ3n) is 3.88. The normalized spacial score (nSPS) is 24.1. The molecule has 0 aliphatic carbocycles. The largest absolute Gasteiger partial charge is 0.393 e. The first-order valence-electron chi connectivity index (χ1n) is 6.66. The quantitative estimate of drug-likeness (QED) is 0.870. The molecule has 98 valence electrons. The van der Waals surface area contributed by atoms with Gasteiger partial charge >= 0.3 is 0 Å². The van der Waals surface area contributed by atoms with E-state index >= 15 is 0 Å². The van der Waals surface area contributed by atoms with Gasteiger partial charge in [0.1, 0.15) is 0 Å².